The molecule has 3 nitrogen and oxygen atoms in total. The van der Waals surface area contributed by atoms with Gasteiger partial charge < -0.3 is 10.6 Å². The van der Waals surface area contributed by atoms with Crippen molar-refractivity contribution in [3.05, 3.63) is 71.5 Å². The van der Waals surface area contributed by atoms with Gasteiger partial charge in [0.05, 0.1) is 6.04 Å². The maximum Gasteiger partial charge on any atom is 0.166 e. The van der Waals surface area contributed by atoms with Crippen molar-refractivity contribution in [3.8, 4) is 0 Å². The molecular weight excluding hydrogens is 333 g/mol. The van der Waals surface area contributed by atoms with Gasteiger partial charge in [-0.2, -0.15) is 0 Å². The summed E-state index contributed by atoms with van der Waals surface area (Å²) in [5, 5.41) is 7.17. The van der Waals surface area contributed by atoms with Gasteiger partial charge in [0.1, 0.15) is 5.82 Å². The number of nitrogens with zero attached hydrogens (tertiary/aromatic N) is 1. The molecule has 132 valence electrons. The predicted octanol–water partition coefficient (Wildman–Crippen LogP) is 3.63. The average molecular weight is 357 g/mol. The van der Waals surface area contributed by atoms with E-state index < -0.39 is 0 Å². The summed E-state index contributed by atoms with van der Waals surface area (Å²) in [4.78, 5) is 2.52. The maximum absolute atomic E-state index is 12.9. The van der Waals surface area contributed by atoms with Gasteiger partial charge in [-0.15, -0.1) is 0 Å². The van der Waals surface area contributed by atoms with Crippen LogP contribution in [0.4, 0.5) is 4.39 Å². The van der Waals surface area contributed by atoms with Gasteiger partial charge in [-0.05, 0) is 61.4 Å². The van der Waals surface area contributed by atoms with E-state index in [0.29, 0.717) is 17.7 Å². The minimum atomic E-state index is -0.222. The summed E-state index contributed by atoms with van der Waals surface area (Å²) in [6.45, 7) is 3.64. The zero-order valence-corrected chi connectivity index (χ0v) is 15.1. The summed E-state index contributed by atoms with van der Waals surface area (Å²) < 4.78 is 12.9. The third kappa shape index (κ3) is 5.25. The fourth-order valence-electron chi connectivity index (χ4n) is 3.22. The van der Waals surface area contributed by atoms with Gasteiger partial charge in [-0.25, -0.2) is 4.39 Å². The SMILES string of the molecule is Fc1ccc(CNC(=S)NC[C@@H](c2ccccc2)N2CCCC2)cc1. The number of thiocarbonyl (C=S) groups is 1. The number of benzene rings is 2. The summed E-state index contributed by atoms with van der Waals surface area (Å²) in [5.41, 5.74) is 2.32. The van der Waals surface area contributed by atoms with Gasteiger partial charge in [0.2, 0.25) is 0 Å². The van der Waals surface area contributed by atoms with Gasteiger partial charge in [0, 0.05) is 13.1 Å². The van der Waals surface area contributed by atoms with Crippen LogP contribution in [0.25, 0.3) is 0 Å². The second-order valence-electron chi connectivity index (χ2n) is 6.36. The lowest BCUT2D eigenvalue weighted by atomic mass is 10.1. The topological polar surface area (TPSA) is 27.3 Å². The van der Waals surface area contributed by atoms with Crippen molar-refractivity contribution in [2.45, 2.75) is 25.4 Å². The van der Waals surface area contributed by atoms with Crippen molar-refractivity contribution < 1.29 is 4.39 Å². The molecule has 2 aromatic rings. The predicted molar refractivity (Wildman–Crippen MR) is 104 cm³/mol. The molecule has 0 aromatic heterocycles. The van der Waals surface area contributed by atoms with Crippen molar-refractivity contribution in [1.82, 2.24) is 15.5 Å². The van der Waals surface area contributed by atoms with E-state index >= 15 is 0 Å². The first kappa shape index (κ1) is 17.8. The molecule has 5 heteroatoms. The van der Waals surface area contributed by atoms with Crippen molar-refractivity contribution in [2.24, 2.45) is 0 Å². The van der Waals surface area contributed by atoms with Crippen LogP contribution in [0, 0.1) is 5.82 Å². The lowest BCUT2D eigenvalue weighted by Gasteiger charge is -2.28. The van der Waals surface area contributed by atoms with Crippen LogP contribution in [0.1, 0.15) is 30.0 Å². The molecule has 0 unspecified atom stereocenters. The van der Waals surface area contributed by atoms with E-state index in [1.807, 2.05) is 6.07 Å². The molecule has 0 saturated carbocycles. The largest absolute Gasteiger partial charge is 0.361 e. The van der Waals surface area contributed by atoms with Gasteiger partial charge in [-0.1, -0.05) is 42.5 Å². The fraction of sp³-hybridized carbons (Fsp3) is 0.350. The van der Waals surface area contributed by atoms with E-state index in [9.17, 15) is 4.39 Å². The standard InChI is InChI=1S/C20H24FN3S/c21-18-10-8-16(9-11-18)14-22-20(25)23-15-19(24-12-4-5-13-24)17-6-2-1-3-7-17/h1-3,6-11,19H,4-5,12-15H2,(H2,22,23,25)/t19-/m0/s1. The molecule has 0 spiro atoms. The number of rotatable bonds is 6. The van der Waals surface area contributed by atoms with E-state index in [1.165, 1.54) is 30.5 Å². The Morgan fingerprint density at radius 3 is 2.36 bits per heavy atom. The highest BCUT2D eigenvalue weighted by molar-refractivity contribution is 7.80. The second kappa shape index (κ2) is 8.92. The number of halogens is 1. The molecule has 25 heavy (non-hydrogen) atoms. The number of nitrogens with one attached hydrogen (secondary N) is 2. The van der Waals surface area contributed by atoms with E-state index in [2.05, 4.69) is 39.8 Å². The van der Waals surface area contributed by atoms with Crippen LogP contribution < -0.4 is 10.6 Å². The highest BCUT2D eigenvalue weighted by Crippen LogP contribution is 2.24. The molecule has 1 aliphatic heterocycles. The maximum atomic E-state index is 12.9. The van der Waals surface area contributed by atoms with E-state index in [4.69, 9.17) is 12.2 Å². The minimum absolute atomic E-state index is 0.222. The summed E-state index contributed by atoms with van der Waals surface area (Å²) in [7, 11) is 0. The summed E-state index contributed by atoms with van der Waals surface area (Å²) in [6, 6.07) is 17.4. The highest BCUT2D eigenvalue weighted by Gasteiger charge is 2.23. The van der Waals surface area contributed by atoms with Crippen LogP contribution in [0.2, 0.25) is 0 Å². The normalized spacial score (nSPS) is 15.7. The zero-order chi connectivity index (χ0) is 17.5. The average Bonchev–Trinajstić information content (AvgIpc) is 3.17. The molecule has 1 aliphatic rings. The molecule has 0 amide bonds. The molecule has 0 radical (unpaired) electrons. The lowest BCUT2D eigenvalue weighted by Crippen LogP contribution is -2.41. The Bertz CT molecular complexity index is 669. The summed E-state index contributed by atoms with van der Waals surface area (Å²) >= 11 is 5.41. The number of likely N-dealkylation sites (tertiary alicyclic amines) is 1. The number of hydrogen-bond donors (Lipinski definition) is 2. The molecule has 1 atom stereocenters. The first-order valence-electron chi connectivity index (χ1n) is 8.77. The first-order valence-corrected chi connectivity index (χ1v) is 9.18. The van der Waals surface area contributed by atoms with E-state index in [-0.39, 0.29) is 5.82 Å². The van der Waals surface area contributed by atoms with Crippen molar-refractivity contribution in [1.29, 1.82) is 0 Å². The Morgan fingerprint density at radius 1 is 1.00 bits per heavy atom. The Hall–Kier alpha value is -1.98. The quantitative estimate of drug-likeness (QED) is 0.772. The zero-order valence-electron chi connectivity index (χ0n) is 14.2. The van der Waals surface area contributed by atoms with E-state index in [1.54, 1.807) is 12.1 Å². The molecular formula is C20H24FN3S. The monoisotopic (exact) mass is 357 g/mol. The van der Waals surface area contributed by atoms with Crippen molar-refractivity contribution in [3.63, 3.8) is 0 Å². The first-order chi connectivity index (χ1) is 12.2. The number of hydrogen-bond acceptors (Lipinski definition) is 2. The van der Waals surface area contributed by atoms with Gasteiger partial charge in [0.25, 0.3) is 0 Å². The van der Waals surface area contributed by atoms with Crippen LogP contribution in [-0.2, 0) is 6.54 Å². The Morgan fingerprint density at radius 2 is 1.68 bits per heavy atom. The van der Waals surface area contributed by atoms with Gasteiger partial charge in [0.15, 0.2) is 5.11 Å². The van der Waals surface area contributed by atoms with Crippen LogP contribution in [-0.4, -0.2) is 29.6 Å². The van der Waals surface area contributed by atoms with Crippen molar-refractivity contribution >= 4 is 17.3 Å². The second-order valence-corrected chi connectivity index (χ2v) is 6.77. The Balaban J connectivity index is 1.53. The smallest absolute Gasteiger partial charge is 0.166 e. The van der Waals surface area contributed by atoms with Crippen LogP contribution in [0.3, 0.4) is 0 Å². The fourth-order valence-corrected chi connectivity index (χ4v) is 3.38. The van der Waals surface area contributed by atoms with Gasteiger partial charge in [-0.3, -0.25) is 4.90 Å². The highest BCUT2D eigenvalue weighted by atomic mass is 32.1. The molecule has 2 N–H and O–H groups in total. The molecule has 1 saturated heterocycles. The molecule has 3 rings (SSSR count). The molecule has 0 aliphatic carbocycles. The third-order valence-corrected chi connectivity index (χ3v) is 4.88. The molecule has 0 bridgehead atoms. The summed E-state index contributed by atoms with van der Waals surface area (Å²) in [6.07, 6.45) is 2.52. The van der Waals surface area contributed by atoms with E-state index in [0.717, 1.165) is 25.2 Å². The van der Waals surface area contributed by atoms with Crippen LogP contribution in [0.5, 0.6) is 0 Å². The summed E-state index contributed by atoms with van der Waals surface area (Å²) in [5.74, 6) is -0.222. The molecule has 2 aromatic carbocycles. The van der Waals surface area contributed by atoms with Crippen LogP contribution >= 0.6 is 12.2 Å². The third-order valence-electron chi connectivity index (χ3n) is 4.59. The lowest BCUT2D eigenvalue weighted by molar-refractivity contribution is 0.245. The Kier molecular flexibility index (Phi) is 6.36. The van der Waals surface area contributed by atoms with Gasteiger partial charge >= 0.3 is 0 Å². The van der Waals surface area contributed by atoms with Crippen molar-refractivity contribution in [2.75, 3.05) is 19.6 Å². The molecule has 1 fully saturated rings. The minimum Gasteiger partial charge on any atom is -0.361 e. The Labute approximate surface area is 154 Å². The molecule has 1 heterocycles. The van der Waals surface area contributed by atoms with Crippen LogP contribution in [0.15, 0.2) is 54.6 Å².